The fraction of sp³-hybridized carbons (Fsp3) is 0.833. The van der Waals surface area contributed by atoms with Crippen LogP contribution >= 0.6 is 0 Å². The van der Waals surface area contributed by atoms with Gasteiger partial charge in [0.05, 0.1) is 0 Å². The molecular formula is C18H36N6. The Hall–Kier alpha value is -1.59. The van der Waals surface area contributed by atoms with Gasteiger partial charge < -0.3 is 15.2 Å². The van der Waals surface area contributed by atoms with Crippen molar-refractivity contribution >= 4 is 5.96 Å². The van der Waals surface area contributed by atoms with Crippen LogP contribution in [0.1, 0.15) is 66.1 Å². The van der Waals surface area contributed by atoms with Crippen molar-refractivity contribution in [2.75, 3.05) is 13.1 Å². The van der Waals surface area contributed by atoms with Crippen LogP contribution in [0.2, 0.25) is 0 Å². The summed E-state index contributed by atoms with van der Waals surface area (Å²) >= 11 is 0. The second kappa shape index (κ2) is 11.9. The number of rotatable bonds is 11. The molecule has 0 aromatic carbocycles. The zero-order valence-corrected chi connectivity index (χ0v) is 16.2. The first-order chi connectivity index (χ1) is 11.6. The molecule has 0 saturated carbocycles. The molecule has 1 aromatic heterocycles. The number of nitrogens with zero attached hydrogens (tertiary/aromatic N) is 4. The summed E-state index contributed by atoms with van der Waals surface area (Å²) in [6.07, 6.45) is 7.39. The Bertz CT molecular complexity index is 466. The van der Waals surface area contributed by atoms with Crippen molar-refractivity contribution < 1.29 is 0 Å². The molecule has 6 nitrogen and oxygen atoms in total. The van der Waals surface area contributed by atoms with Gasteiger partial charge in [-0.05, 0) is 32.1 Å². The van der Waals surface area contributed by atoms with Gasteiger partial charge in [0.1, 0.15) is 12.2 Å². The zero-order valence-electron chi connectivity index (χ0n) is 16.2. The van der Waals surface area contributed by atoms with E-state index in [9.17, 15) is 0 Å². The van der Waals surface area contributed by atoms with E-state index in [1.54, 1.807) is 6.33 Å². The largest absolute Gasteiger partial charge is 0.355 e. The lowest BCUT2D eigenvalue weighted by molar-refractivity contribution is 0.487. The minimum absolute atomic E-state index is 0.432. The Morgan fingerprint density at radius 2 is 2.04 bits per heavy atom. The molecular weight excluding hydrogens is 300 g/mol. The summed E-state index contributed by atoms with van der Waals surface area (Å²) < 4.78 is 2.10. The summed E-state index contributed by atoms with van der Waals surface area (Å²) in [4.78, 5) is 4.70. The SMILES string of the molecule is CCCCN=C(NCCn1cnnc1CC)NC(C)CCC(C)C. The normalized spacial score (nSPS) is 13.3. The van der Waals surface area contributed by atoms with Gasteiger partial charge in [-0.1, -0.05) is 34.1 Å². The van der Waals surface area contributed by atoms with Crippen molar-refractivity contribution in [1.29, 1.82) is 0 Å². The van der Waals surface area contributed by atoms with Gasteiger partial charge in [-0.15, -0.1) is 10.2 Å². The van der Waals surface area contributed by atoms with Crippen LogP contribution < -0.4 is 10.6 Å². The van der Waals surface area contributed by atoms with Crippen molar-refractivity contribution in [3.63, 3.8) is 0 Å². The molecule has 1 unspecified atom stereocenters. The Balaban J connectivity index is 2.47. The minimum atomic E-state index is 0.432. The van der Waals surface area contributed by atoms with E-state index >= 15 is 0 Å². The molecule has 1 atom stereocenters. The van der Waals surface area contributed by atoms with Crippen molar-refractivity contribution in [3.8, 4) is 0 Å². The number of aliphatic imine (C=N–C) groups is 1. The number of guanidine groups is 1. The maximum atomic E-state index is 4.70. The maximum absolute atomic E-state index is 4.70. The molecule has 138 valence electrons. The average Bonchev–Trinajstić information content (AvgIpc) is 3.00. The molecule has 0 aliphatic carbocycles. The van der Waals surface area contributed by atoms with Crippen LogP contribution in [-0.2, 0) is 13.0 Å². The molecule has 0 aliphatic heterocycles. The van der Waals surface area contributed by atoms with Gasteiger partial charge in [-0.3, -0.25) is 4.99 Å². The van der Waals surface area contributed by atoms with Crippen molar-refractivity contribution in [2.24, 2.45) is 10.9 Å². The summed E-state index contributed by atoms with van der Waals surface area (Å²) in [7, 11) is 0. The van der Waals surface area contributed by atoms with Crippen molar-refractivity contribution in [2.45, 2.75) is 79.3 Å². The van der Waals surface area contributed by atoms with E-state index in [0.29, 0.717) is 6.04 Å². The average molecular weight is 337 g/mol. The molecule has 0 spiro atoms. The van der Waals surface area contributed by atoms with Gasteiger partial charge in [0.15, 0.2) is 5.96 Å². The highest BCUT2D eigenvalue weighted by Crippen LogP contribution is 2.06. The lowest BCUT2D eigenvalue weighted by Crippen LogP contribution is -2.43. The zero-order chi connectivity index (χ0) is 17.8. The fourth-order valence-corrected chi connectivity index (χ4v) is 2.42. The van der Waals surface area contributed by atoms with Gasteiger partial charge in [0, 0.05) is 32.1 Å². The third-order valence-electron chi connectivity index (χ3n) is 4.00. The van der Waals surface area contributed by atoms with E-state index in [2.05, 4.69) is 60.0 Å². The first-order valence-electron chi connectivity index (χ1n) is 9.48. The summed E-state index contributed by atoms with van der Waals surface area (Å²) in [5.41, 5.74) is 0. The molecule has 0 radical (unpaired) electrons. The lowest BCUT2D eigenvalue weighted by Gasteiger charge is -2.19. The van der Waals surface area contributed by atoms with Crippen LogP contribution in [0.25, 0.3) is 0 Å². The molecule has 0 fully saturated rings. The number of hydrogen-bond acceptors (Lipinski definition) is 3. The minimum Gasteiger partial charge on any atom is -0.355 e. The Kier molecular flexibility index (Phi) is 10.1. The smallest absolute Gasteiger partial charge is 0.191 e. The number of aryl methyl sites for hydroxylation is 1. The van der Waals surface area contributed by atoms with Crippen molar-refractivity contribution in [1.82, 2.24) is 25.4 Å². The first kappa shape index (κ1) is 20.5. The van der Waals surface area contributed by atoms with Crippen LogP contribution in [0, 0.1) is 5.92 Å². The molecule has 0 bridgehead atoms. The second-order valence-corrected chi connectivity index (χ2v) is 6.82. The van der Waals surface area contributed by atoms with Gasteiger partial charge in [-0.2, -0.15) is 0 Å². The summed E-state index contributed by atoms with van der Waals surface area (Å²) in [5, 5.41) is 15.1. The standard InChI is InChI=1S/C18H36N6/c1-6-8-11-19-18(22-16(5)10-9-15(3)4)20-12-13-24-14-21-23-17(24)7-2/h14-16H,6-13H2,1-5H3,(H2,19,20,22). The number of nitrogens with one attached hydrogen (secondary N) is 2. The van der Waals surface area contributed by atoms with E-state index in [-0.39, 0.29) is 0 Å². The Labute approximate surface area is 147 Å². The predicted molar refractivity (Wildman–Crippen MR) is 101 cm³/mol. The first-order valence-corrected chi connectivity index (χ1v) is 9.48. The summed E-state index contributed by atoms with van der Waals surface area (Å²) in [6.45, 7) is 13.6. The summed E-state index contributed by atoms with van der Waals surface area (Å²) in [5.74, 6) is 2.69. The molecule has 2 N–H and O–H groups in total. The Morgan fingerprint density at radius 1 is 1.25 bits per heavy atom. The van der Waals surface area contributed by atoms with Crippen LogP contribution in [-0.4, -0.2) is 39.9 Å². The molecule has 0 amide bonds. The molecule has 24 heavy (non-hydrogen) atoms. The Morgan fingerprint density at radius 3 is 2.71 bits per heavy atom. The quantitative estimate of drug-likeness (QED) is 0.370. The van der Waals surface area contributed by atoms with Gasteiger partial charge >= 0.3 is 0 Å². The molecule has 6 heteroatoms. The van der Waals surface area contributed by atoms with E-state index in [0.717, 1.165) is 56.6 Å². The van der Waals surface area contributed by atoms with Gasteiger partial charge in [-0.25, -0.2) is 0 Å². The van der Waals surface area contributed by atoms with Crippen LogP contribution in [0.3, 0.4) is 0 Å². The third kappa shape index (κ3) is 8.31. The van der Waals surface area contributed by atoms with E-state index < -0.39 is 0 Å². The highest BCUT2D eigenvalue weighted by Gasteiger charge is 2.07. The molecule has 1 heterocycles. The molecule has 0 aliphatic rings. The third-order valence-corrected chi connectivity index (χ3v) is 4.00. The van der Waals surface area contributed by atoms with Gasteiger partial charge in [0.2, 0.25) is 0 Å². The molecule has 1 aromatic rings. The lowest BCUT2D eigenvalue weighted by atomic mass is 10.0. The summed E-state index contributed by atoms with van der Waals surface area (Å²) in [6, 6.07) is 0.432. The van der Waals surface area contributed by atoms with Crippen LogP contribution in [0.4, 0.5) is 0 Å². The highest BCUT2D eigenvalue weighted by molar-refractivity contribution is 5.80. The van der Waals surface area contributed by atoms with Gasteiger partial charge in [0.25, 0.3) is 0 Å². The number of aromatic nitrogens is 3. The molecule has 1 rings (SSSR count). The fourth-order valence-electron chi connectivity index (χ4n) is 2.42. The number of unbranched alkanes of at least 4 members (excludes halogenated alkanes) is 1. The van der Waals surface area contributed by atoms with Crippen LogP contribution in [0.15, 0.2) is 11.3 Å². The van der Waals surface area contributed by atoms with E-state index in [1.165, 1.54) is 12.8 Å². The maximum Gasteiger partial charge on any atom is 0.191 e. The van der Waals surface area contributed by atoms with Crippen molar-refractivity contribution in [3.05, 3.63) is 12.2 Å². The van der Waals surface area contributed by atoms with E-state index in [1.807, 2.05) is 0 Å². The highest BCUT2D eigenvalue weighted by atomic mass is 15.3. The molecule has 0 saturated heterocycles. The topological polar surface area (TPSA) is 67.1 Å². The predicted octanol–water partition coefficient (Wildman–Crippen LogP) is 3.00. The number of hydrogen-bond donors (Lipinski definition) is 2. The second-order valence-electron chi connectivity index (χ2n) is 6.82. The monoisotopic (exact) mass is 336 g/mol. The van der Waals surface area contributed by atoms with Crippen LogP contribution in [0.5, 0.6) is 0 Å². The van der Waals surface area contributed by atoms with E-state index in [4.69, 9.17) is 4.99 Å².